The van der Waals surface area contributed by atoms with Crippen LogP contribution in [0.25, 0.3) is 10.9 Å². The lowest BCUT2D eigenvalue weighted by Gasteiger charge is -2.40. The molecule has 372 valence electrons. The molecular weight excluding hydrogens is 912 g/mol. The number of nitrogens with one attached hydrogen (secondary N) is 3. The predicted molar refractivity (Wildman–Crippen MR) is 252 cm³/mol. The molecule has 3 saturated heterocycles. The quantitative estimate of drug-likeness (QED) is 0.0804. The lowest BCUT2D eigenvalue weighted by molar-refractivity contribution is -0.138. The van der Waals surface area contributed by atoms with Crippen LogP contribution in [0.5, 0.6) is 11.5 Å². The van der Waals surface area contributed by atoms with E-state index in [9.17, 15) is 37.1 Å². The van der Waals surface area contributed by atoms with E-state index >= 15 is 0 Å². The van der Waals surface area contributed by atoms with E-state index in [4.69, 9.17) is 19.9 Å². The summed E-state index contributed by atoms with van der Waals surface area (Å²) in [5, 5.41) is 8.97. The lowest BCUT2D eigenvalue weighted by Crippen LogP contribution is -2.54. The number of hydrogen-bond acceptors (Lipinski definition) is 14. The number of anilines is 3. The van der Waals surface area contributed by atoms with Gasteiger partial charge in [-0.25, -0.2) is 9.97 Å². The third-order valence-corrected chi connectivity index (χ3v) is 14.5. The third kappa shape index (κ3) is 10.1. The van der Waals surface area contributed by atoms with E-state index in [0.29, 0.717) is 78.8 Å². The highest BCUT2D eigenvalue weighted by molar-refractivity contribution is 6.23. The predicted octanol–water partition coefficient (Wildman–Crippen LogP) is 5.94. The number of amides is 5. The molecule has 5 N–H and O–H groups in total. The first-order valence-electron chi connectivity index (χ1n) is 23.9. The molecule has 4 aromatic rings. The first-order valence-corrected chi connectivity index (χ1v) is 23.9. The molecule has 4 fully saturated rings. The number of aryl methyl sites for hydroxylation is 1. The molecule has 4 aliphatic heterocycles. The van der Waals surface area contributed by atoms with Gasteiger partial charge in [-0.3, -0.25) is 39.1 Å². The Labute approximate surface area is 402 Å². The number of nitrogen functional groups attached to an aromatic ring is 1. The number of nitrogens with zero attached hydrogens (tertiary/aromatic N) is 5. The summed E-state index contributed by atoms with van der Waals surface area (Å²) in [4.78, 5) is 78.9. The van der Waals surface area contributed by atoms with Gasteiger partial charge in [0.25, 0.3) is 11.8 Å². The number of imide groups is 2. The maximum absolute atomic E-state index is 13.6. The lowest BCUT2D eigenvalue weighted by atomic mass is 9.94. The summed E-state index contributed by atoms with van der Waals surface area (Å²) in [6.07, 6.45) is 1.13. The molecule has 5 amide bonds. The molecule has 5 aliphatic rings. The number of carbonyl (C=O) groups is 5. The number of methoxy groups -OCH3 is 1. The fraction of sp³-hybridized carbons (Fsp3) is 0.500. The second-order valence-corrected chi connectivity index (χ2v) is 19.2. The Morgan fingerprint density at radius 3 is 2.27 bits per heavy atom. The number of alkyl halides is 3. The van der Waals surface area contributed by atoms with Gasteiger partial charge in [0, 0.05) is 67.9 Å². The van der Waals surface area contributed by atoms with Crippen LogP contribution in [0, 0.1) is 12.3 Å². The Morgan fingerprint density at radius 1 is 0.914 bits per heavy atom. The largest absolute Gasteiger partial charge is 0.493 e. The highest BCUT2D eigenvalue weighted by atomic mass is 19.4. The number of aromatic nitrogens is 2. The number of benzene rings is 3. The van der Waals surface area contributed by atoms with Crippen molar-refractivity contribution in [1.29, 1.82) is 0 Å². The van der Waals surface area contributed by atoms with Gasteiger partial charge in [-0.2, -0.15) is 13.2 Å². The number of fused-ring (bicyclic) bond motifs is 2. The SMILES string of the molecule is CNC(=O)C(CC1(COc2cc3c(NC(C)c4cc(N)cc(C(F)(F)F)c4)nc(C)nc3cc2OC)CC1)N1CCC(OC2CCN(c3ccc4c(c3)C(=O)N(C3CCC(=O)NC3=O)C4=O)CC2)CC1. The van der Waals surface area contributed by atoms with Crippen molar-refractivity contribution < 1.29 is 51.4 Å². The molecule has 3 unspecified atom stereocenters. The Hall–Kier alpha value is -6.54. The van der Waals surface area contributed by atoms with Crippen molar-refractivity contribution in [3.05, 3.63) is 76.6 Å². The van der Waals surface area contributed by atoms with Crippen molar-refractivity contribution in [2.75, 3.05) is 62.9 Å². The number of rotatable bonds is 15. The molecule has 3 atom stereocenters. The van der Waals surface area contributed by atoms with Crippen molar-refractivity contribution in [2.24, 2.45) is 5.41 Å². The molecule has 0 spiro atoms. The molecule has 17 nitrogen and oxygen atoms in total. The van der Waals surface area contributed by atoms with Crippen LogP contribution < -0.4 is 36.1 Å². The van der Waals surface area contributed by atoms with Crippen molar-refractivity contribution in [2.45, 2.75) is 108 Å². The Morgan fingerprint density at radius 2 is 1.61 bits per heavy atom. The van der Waals surface area contributed by atoms with Gasteiger partial charge in [-0.15, -0.1) is 0 Å². The van der Waals surface area contributed by atoms with Crippen molar-refractivity contribution in [3.8, 4) is 11.5 Å². The average molecular weight is 970 g/mol. The van der Waals surface area contributed by atoms with Crippen LogP contribution in [0.3, 0.4) is 0 Å². The van der Waals surface area contributed by atoms with E-state index in [1.165, 1.54) is 6.07 Å². The number of carbonyl (C=O) groups excluding carboxylic acids is 5. The molecule has 1 aliphatic carbocycles. The van der Waals surface area contributed by atoms with E-state index in [-0.39, 0.29) is 59.2 Å². The van der Waals surface area contributed by atoms with Crippen LogP contribution in [0.2, 0.25) is 0 Å². The Bertz CT molecular complexity index is 2720. The van der Waals surface area contributed by atoms with Crippen LogP contribution >= 0.6 is 0 Å². The summed E-state index contributed by atoms with van der Waals surface area (Å²) in [5.41, 5.74) is 7.01. The summed E-state index contributed by atoms with van der Waals surface area (Å²) in [6.45, 7) is 6.56. The summed E-state index contributed by atoms with van der Waals surface area (Å²) in [5.74, 6) is -0.401. The molecule has 9 rings (SSSR count). The highest BCUT2D eigenvalue weighted by Gasteiger charge is 2.49. The number of nitrogens with two attached hydrogens (primary N) is 1. The maximum atomic E-state index is 13.6. The van der Waals surface area contributed by atoms with Crippen LogP contribution in [-0.2, 0) is 25.3 Å². The van der Waals surface area contributed by atoms with E-state index in [2.05, 4.69) is 35.7 Å². The fourth-order valence-corrected chi connectivity index (χ4v) is 10.3. The topological polar surface area (TPSA) is 211 Å². The number of piperidine rings is 3. The summed E-state index contributed by atoms with van der Waals surface area (Å²) in [6, 6.07) is 10.2. The standard InChI is InChI=1S/C50H58F3N9O8/c1-27(29-19-30(50(51,52)53)21-31(54)20-29)56-44-37-23-42(41(68-4)24-38(37)57-28(2)58-44)69-26-49(13-14-49)25-40(45(64)55-3)61-17-11-34(12-18-61)70-33-9-15-60(16-10-33)32-5-6-35-36(22-32)48(67)62(47(35)66)39-7-8-43(63)59-46(39)65/h5-6,19-24,27,33-34,39-40H,7-18,25-26,54H2,1-4H3,(H,55,64)(H,56,57,58)(H,59,63,65). The molecule has 1 saturated carbocycles. The molecule has 0 bridgehead atoms. The van der Waals surface area contributed by atoms with Gasteiger partial charge in [0.1, 0.15) is 17.7 Å². The normalized spacial score (nSPS) is 20.8. The van der Waals surface area contributed by atoms with E-state index in [1.807, 2.05) is 6.07 Å². The molecule has 5 heterocycles. The second-order valence-electron chi connectivity index (χ2n) is 19.2. The average Bonchev–Trinajstić information content (AvgIpc) is 4.06. The minimum absolute atomic E-state index is 0.000297. The number of halogens is 3. The van der Waals surface area contributed by atoms with E-state index < -0.39 is 47.5 Å². The van der Waals surface area contributed by atoms with Crippen LogP contribution in [0.4, 0.5) is 30.4 Å². The molecule has 1 aromatic heterocycles. The minimum Gasteiger partial charge on any atom is -0.493 e. The number of likely N-dealkylation sites (tertiary alicyclic amines) is 1. The number of ether oxygens (including phenoxy) is 3. The van der Waals surface area contributed by atoms with Gasteiger partial charge in [-0.05, 0) is 113 Å². The van der Waals surface area contributed by atoms with Gasteiger partial charge in [0.05, 0.1) is 60.2 Å². The van der Waals surface area contributed by atoms with Gasteiger partial charge < -0.3 is 35.5 Å². The summed E-state index contributed by atoms with van der Waals surface area (Å²) >= 11 is 0. The number of likely N-dealkylation sites (N-methyl/N-ethyl adjacent to an activating group) is 1. The van der Waals surface area contributed by atoms with Crippen LogP contribution in [0.1, 0.15) is 108 Å². The summed E-state index contributed by atoms with van der Waals surface area (Å²) < 4.78 is 59.9. The van der Waals surface area contributed by atoms with Gasteiger partial charge in [-0.1, -0.05) is 0 Å². The first kappa shape index (κ1) is 48.5. The fourth-order valence-electron chi connectivity index (χ4n) is 10.3. The first-order chi connectivity index (χ1) is 33.4. The second kappa shape index (κ2) is 19.3. The van der Waals surface area contributed by atoms with Gasteiger partial charge >= 0.3 is 6.18 Å². The van der Waals surface area contributed by atoms with Crippen LogP contribution in [0.15, 0.2) is 48.5 Å². The highest BCUT2D eigenvalue weighted by Crippen LogP contribution is 2.51. The Balaban J connectivity index is 0.791. The maximum Gasteiger partial charge on any atom is 0.416 e. The van der Waals surface area contributed by atoms with Crippen LogP contribution in [-0.4, -0.2) is 121 Å². The summed E-state index contributed by atoms with van der Waals surface area (Å²) in [7, 11) is 3.19. The molecule has 0 radical (unpaired) electrons. The number of hydrogen-bond donors (Lipinski definition) is 4. The molecular formula is C50H58F3N9O8. The monoisotopic (exact) mass is 969 g/mol. The molecule has 20 heteroatoms. The molecule has 3 aromatic carbocycles. The smallest absolute Gasteiger partial charge is 0.416 e. The van der Waals surface area contributed by atoms with Crippen molar-refractivity contribution >= 4 is 57.6 Å². The van der Waals surface area contributed by atoms with Crippen molar-refractivity contribution in [3.63, 3.8) is 0 Å². The molecule has 70 heavy (non-hydrogen) atoms. The van der Waals surface area contributed by atoms with Gasteiger partial charge in [0.15, 0.2) is 11.5 Å². The van der Waals surface area contributed by atoms with Gasteiger partial charge in [0.2, 0.25) is 17.7 Å². The van der Waals surface area contributed by atoms with E-state index in [0.717, 1.165) is 61.2 Å². The Kier molecular flexibility index (Phi) is 13.4. The zero-order valence-electron chi connectivity index (χ0n) is 39.6. The minimum atomic E-state index is -4.56. The van der Waals surface area contributed by atoms with E-state index in [1.54, 1.807) is 52.3 Å². The zero-order valence-corrected chi connectivity index (χ0v) is 39.6. The third-order valence-electron chi connectivity index (χ3n) is 14.5. The zero-order chi connectivity index (χ0) is 49.6. The van der Waals surface area contributed by atoms with Crippen molar-refractivity contribution in [1.82, 2.24) is 30.4 Å².